The van der Waals surface area contributed by atoms with E-state index in [1.54, 1.807) is 58.0 Å². The van der Waals surface area contributed by atoms with Gasteiger partial charge in [0.05, 0.1) is 45.2 Å². The van der Waals surface area contributed by atoms with Crippen molar-refractivity contribution in [3.63, 3.8) is 0 Å². The van der Waals surface area contributed by atoms with Crippen LogP contribution < -0.4 is 0 Å². The Hall–Kier alpha value is -1.93. The lowest BCUT2D eigenvalue weighted by Gasteiger charge is -2.67. The fraction of sp³-hybridized carbons (Fsp3) is 0.621. The molecule has 0 radical (unpaired) electrons. The molecule has 1 aromatic carbocycles. The lowest BCUT2D eigenvalue weighted by Crippen LogP contribution is -2.81. The van der Waals surface area contributed by atoms with Crippen molar-refractivity contribution in [2.24, 2.45) is 22.7 Å². The summed E-state index contributed by atoms with van der Waals surface area (Å²) >= 11 is 0. The van der Waals surface area contributed by atoms with Crippen LogP contribution >= 0.6 is 18.9 Å². The van der Waals surface area contributed by atoms with Gasteiger partial charge in [-0.3, -0.25) is 9.59 Å². The predicted octanol–water partition coefficient (Wildman–Crippen LogP) is 2.92. The summed E-state index contributed by atoms with van der Waals surface area (Å²) in [6.45, 7) is 8.10. The molecule has 2 bridgehead atoms. The fourth-order valence-electron chi connectivity index (χ4n) is 7.94. The van der Waals surface area contributed by atoms with Crippen LogP contribution in [0.5, 0.6) is 0 Å². The van der Waals surface area contributed by atoms with Crippen LogP contribution in [-0.4, -0.2) is 70.2 Å². The Morgan fingerprint density at radius 1 is 1.12 bits per heavy atom. The molecule has 0 aromatic heterocycles. The van der Waals surface area contributed by atoms with Crippen LogP contribution in [0.25, 0.3) is 0 Å². The SMILES string of the molecule is CC(=O)O[C@@]12CO[C@@H]1C[C@H](OP)[C@@]1(C)C(=O)C(OP)=C3C(C)[C@@H](O)C[C@@](O)([C@@H](OC(=O)c4ccccc4)[C@H]21)C3(C)C. The molecule has 3 unspecified atom stereocenters. The zero-order chi connectivity index (χ0) is 30.1. The second-order valence-corrected chi connectivity index (χ2v) is 13.0. The molecule has 1 aromatic rings. The quantitative estimate of drug-likeness (QED) is 0.379. The number of carbonyl (C=O) groups excluding carboxylic acids is 3. The van der Waals surface area contributed by atoms with Gasteiger partial charge in [0.25, 0.3) is 0 Å². The van der Waals surface area contributed by atoms with E-state index >= 15 is 0 Å². The topological polar surface area (TPSA) is 138 Å². The Labute approximate surface area is 244 Å². The molecule has 1 saturated heterocycles. The van der Waals surface area contributed by atoms with E-state index in [1.165, 1.54) is 6.92 Å². The molecule has 41 heavy (non-hydrogen) atoms. The predicted molar refractivity (Wildman–Crippen MR) is 152 cm³/mol. The van der Waals surface area contributed by atoms with Gasteiger partial charge in [-0.25, -0.2) is 4.79 Å². The number of carbonyl (C=O) groups is 3. The van der Waals surface area contributed by atoms with E-state index in [4.69, 9.17) is 23.3 Å². The number of Topliss-reactive ketones (excluding diaryl/α,β-unsaturated/α-hetero) is 1. The average molecular weight is 609 g/mol. The first-order valence-electron chi connectivity index (χ1n) is 13.7. The van der Waals surface area contributed by atoms with Crippen molar-refractivity contribution in [1.82, 2.24) is 0 Å². The van der Waals surface area contributed by atoms with Crippen molar-refractivity contribution in [1.29, 1.82) is 0 Å². The highest BCUT2D eigenvalue weighted by molar-refractivity contribution is 7.10. The number of rotatable bonds is 5. The summed E-state index contributed by atoms with van der Waals surface area (Å²) in [5.41, 5.74) is -5.55. The monoisotopic (exact) mass is 608 g/mol. The van der Waals surface area contributed by atoms with Crippen molar-refractivity contribution in [2.75, 3.05) is 6.61 Å². The Kier molecular flexibility index (Phi) is 7.71. The van der Waals surface area contributed by atoms with E-state index < -0.39 is 76.0 Å². The van der Waals surface area contributed by atoms with Crippen LogP contribution in [0.3, 0.4) is 0 Å². The maximum atomic E-state index is 14.8. The summed E-state index contributed by atoms with van der Waals surface area (Å²) in [4.78, 5) is 41.2. The highest BCUT2D eigenvalue weighted by atomic mass is 31.0. The number of esters is 2. The van der Waals surface area contributed by atoms with Crippen molar-refractivity contribution in [3.05, 3.63) is 47.2 Å². The van der Waals surface area contributed by atoms with E-state index in [2.05, 4.69) is 18.9 Å². The molecule has 0 amide bonds. The molecular formula is C29H38O10P2. The van der Waals surface area contributed by atoms with Gasteiger partial charge in [0, 0.05) is 40.6 Å². The van der Waals surface area contributed by atoms with Gasteiger partial charge in [-0.2, -0.15) is 0 Å². The summed E-state index contributed by atoms with van der Waals surface area (Å²) in [6.07, 6.45) is -4.08. The molecule has 1 aliphatic heterocycles. The lowest BCUT2D eigenvalue weighted by atomic mass is 9.45. The first-order valence-corrected chi connectivity index (χ1v) is 14.6. The minimum absolute atomic E-state index is 0.0336. The number of benzene rings is 1. The van der Waals surface area contributed by atoms with Crippen LogP contribution in [0.2, 0.25) is 0 Å². The lowest BCUT2D eigenvalue weighted by molar-refractivity contribution is -0.343. The van der Waals surface area contributed by atoms with E-state index in [0.29, 0.717) is 5.57 Å². The van der Waals surface area contributed by atoms with Crippen LogP contribution in [0.4, 0.5) is 0 Å². The number of fused-ring (bicyclic) bond motifs is 5. The zero-order valence-corrected chi connectivity index (χ0v) is 26.1. The molecule has 0 spiro atoms. The Morgan fingerprint density at radius 2 is 1.78 bits per heavy atom. The van der Waals surface area contributed by atoms with Crippen LogP contribution in [0.15, 0.2) is 41.7 Å². The van der Waals surface area contributed by atoms with Crippen molar-refractivity contribution >= 4 is 36.7 Å². The van der Waals surface area contributed by atoms with Gasteiger partial charge >= 0.3 is 11.9 Å². The van der Waals surface area contributed by atoms with Crippen molar-refractivity contribution in [2.45, 2.75) is 83.1 Å². The summed E-state index contributed by atoms with van der Waals surface area (Å²) in [5, 5.41) is 24.2. The van der Waals surface area contributed by atoms with E-state index in [-0.39, 0.29) is 30.8 Å². The largest absolute Gasteiger partial charge is 0.477 e. The highest BCUT2D eigenvalue weighted by Crippen LogP contribution is 2.65. The minimum Gasteiger partial charge on any atom is -0.477 e. The molecule has 5 rings (SSSR count). The molecule has 12 heteroatoms. The number of aliphatic hydroxyl groups is 2. The second kappa shape index (κ2) is 10.4. The van der Waals surface area contributed by atoms with Crippen LogP contribution in [-0.2, 0) is 32.8 Å². The van der Waals surface area contributed by atoms with E-state index in [9.17, 15) is 24.6 Å². The molecule has 2 N–H and O–H groups in total. The molecule has 11 atom stereocenters. The summed E-state index contributed by atoms with van der Waals surface area (Å²) in [5.74, 6) is -3.59. The van der Waals surface area contributed by atoms with Crippen molar-refractivity contribution in [3.8, 4) is 0 Å². The van der Waals surface area contributed by atoms with Gasteiger partial charge in [0.15, 0.2) is 11.4 Å². The van der Waals surface area contributed by atoms with Crippen LogP contribution in [0, 0.1) is 22.7 Å². The fourth-order valence-corrected chi connectivity index (χ4v) is 8.57. The molecule has 224 valence electrons. The standard InChI is InChI=1S/C29H38O10P2/c1-14-17(31)12-29(34)24(36-25(33)16-9-7-6-8-10-16)22-27(5,23(32)21(39-41)20(14)26(29,3)4)18(38-40)11-19-28(22,13-35-19)37-15(2)30/h6-10,14,17-19,22,24,31,34H,11-13,40-41H2,1-5H3/t14?,17-,18-,19+,22-,24-,27+,28-,29+/m0/s1. The summed E-state index contributed by atoms with van der Waals surface area (Å²) < 4.78 is 29.8. The Balaban J connectivity index is 1.86. The second-order valence-electron chi connectivity index (χ2n) is 12.5. The number of allylic oxidation sites excluding steroid dienone is 1. The summed E-state index contributed by atoms with van der Waals surface area (Å²) in [6, 6.07) is 8.30. The van der Waals surface area contributed by atoms with Crippen molar-refractivity contribution < 1.29 is 47.9 Å². The molecule has 1 heterocycles. The normalized spacial score (nSPS) is 41.1. The summed E-state index contributed by atoms with van der Waals surface area (Å²) in [7, 11) is 4.31. The maximum Gasteiger partial charge on any atom is 0.338 e. The Morgan fingerprint density at radius 3 is 2.32 bits per heavy atom. The molecule has 4 aliphatic rings. The first-order chi connectivity index (χ1) is 19.2. The maximum absolute atomic E-state index is 14.8. The van der Waals surface area contributed by atoms with Gasteiger partial charge in [-0.15, -0.1) is 0 Å². The first kappa shape index (κ1) is 30.5. The minimum atomic E-state index is -1.95. The molecule has 10 nitrogen and oxygen atoms in total. The van der Waals surface area contributed by atoms with Crippen LogP contribution in [0.1, 0.15) is 57.8 Å². The average Bonchev–Trinajstić information content (AvgIpc) is 2.91. The molecule has 2 saturated carbocycles. The third kappa shape index (κ3) is 4.16. The third-order valence-electron chi connectivity index (χ3n) is 10.2. The van der Waals surface area contributed by atoms with Gasteiger partial charge in [0.1, 0.15) is 17.8 Å². The van der Waals surface area contributed by atoms with E-state index in [0.717, 1.165) is 0 Å². The number of ether oxygens (including phenoxy) is 3. The highest BCUT2D eigenvalue weighted by Gasteiger charge is 2.78. The number of aliphatic hydroxyl groups excluding tert-OH is 1. The van der Waals surface area contributed by atoms with Gasteiger partial charge in [0.2, 0.25) is 5.78 Å². The smallest absolute Gasteiger partial charge is 0.338 e. The molecule has 3 aliphatic carbocycles. The van der Waals surface area contributed by atoms with Gasteiger partial charge in [-0.1, -0.05) is 39.0 Å². The Bertz CT molecular complexity index is 1280. The molecular weight excluding hydrogens is 570 g/mol. The number of hydrogen-bond acceptors (Lipinski definition) is 10. The van der Waals surface area contributed by atoms with Gasteiger partial charge in [-0.05, 0) is 24.6 Å². The molecule has 3 fully saturated rings. The third-order valence-corrected chi connectivity index (χ3v) is 10.8. The number of hydrogen-bond donors (Lipinski definition) is 2. The van der Waals surface area contributed by atoms with E-state index in [1.807, 2.05) is 0 Å². The zero-order valence-electron chi connectivity index (χ0n) is 23.8. The number of ketones is 1. The van der Waals surface area contributed by atoms with Gasteiger partial charge < -0.3 is 33.5 Å².